The predicted molar refractivity (Wildman–Crippen MR) is 142 cm³/mol. The van der Waals surface area contributed by atoms with Crippen LogP contribution >= 0.6 is 11.8 Å². The van der Waals surface area contributed by atoms with Crippen LogP contribution in [-0.2, 0) is 9.53 Å². The highest BCUT2D eigenvalue weighted by Crippen LogP contribution is 2.36. The van der Waals surface area contributed by atoms with Gasteiger partial charge in [-0.3, -0.25) is 10.2 Å². The molecular formula is C26H25F3N4O5S. The van der Waals surface area contributed by atoms with Gasteiger partial charge in [-0.15, -0.1) is 0 Å². The lowest BCUT2D eigenvalue weighted by Crippen LogP contribution is -2.35. The number of amidine groups is 2. The number of benzene rings is 2. The Bertz CT molecular complexity index is 1370. The number of methoxy groups -OCH3 is 1. The number of nitrogens with one attached hydrogen (secondary N) is 1. The van der Waals surface area contributed by atoms with Crippen molar-refractivity contribution in [3.05, 3.63) is 58.7 Å². The Kier molecular flexibility index (Phi) is 8.60. The fraction of sp³-hybridized carbons (Fsp3) is 0.308. The number of aryl methyl sites for hydroxylation is 2. The standard InChI is InChI=1S/C26H25F3N4O5S/c1-15-4-6-18(12-16(15)2)37-10-8-36-9-11-38-20-7-5-17(14-21(20)35-3)13-19-22(30)33-25(31-23(19)34)39-24(32-33)26(27,28)29/h4-7,12-14,30H,8-11H2,1-3H3/b19-13-,30-22?. The molecule has 2 heterocycles. The van der Waals surface area contributed by atoms with E-state index in [1.807, 2.05) is 32.0 Å². The van der Waals surface area contributed by atoms with Crippen molar-refractivity contribution in [3.63, 3.8) is 0 Å². The molecule has 0 fully saturated rings. The van der Waals surface area contributed by atoms with Crippen LogP contribution in [0.5, 0.6) is 17.2 Å². The van der Waals surface area contributed by atoms with Gasteiger partial charge in [0.1, 0.15) is 19.0 Å². The van der Waals surface area contributed by atoms with Crippen LogP contribution in [0.3, 0.4) is 0 Å². The van der Waals surface area contributed by atoms with Crippen LogP contribution in [-0.4, -0.2) is 66.7 Å². The number of thioether (sulfide) groups is 1. The van der Waals surface area contributed by atoms with E-state index in [2.05, 4.69) is 10.1 Å². The number of aliphatic imine (C=N–C) groups is 1. The van der Waals surface area contributed by atoms with Crippen LogP contribution in [0.2, 0.25) is 0 Å². The van der Waals surface area contributed by atoms with Crippen LogP contribution in [0.4, 0.5) is 13.2 Å². The predicted octanol–water partition coefficient (Wildman–Crippen LogP) is 4.97. The molecule has 0 atom stereocenters. The first-order valence-corrected chi connectivity index (χ1v) is 12.5. The Hall–Kier alpha value is -3.84. The summed E-state index contributed by atoms with van der Waals surface area (Å²) >= 11 is 0.197. The first kappa shape index (κ1) is 28.2. The highest BCUT2D eigenvalue weighted by molar-refractivity contribution is 8.27. The van der Waals surface area contributed by atoms with Crippen molar-refractivity contribution in [2.75, 3.05) is 33.5 Å². The van der Waals surface area contributed by atoms with Crippen molar-refractivity contribution in [3.8, 4) is 17.2 Å². The summed E-state index contributed by atoms with van der Waals surface area (Å²) in [6.45, 7) is 5.40. The van der Waals surface area contributed by atoms with Gasteiger partial charge >= 0.3 is 6.18 Å². The highest BCUT2D eigenvalue weighted by Gasteiger charge is 2.46. The first-order chi connectivity index (χ1) is 18.6. The molecule has 1 amide bonds. The van der Waals surface area contributed by atoms with Crippen molar-refractivity contribution >= 4 is 39.8 Å². The molecule has 13 heteroatoms. The number of carbonyl (C=O) groups is 1. The molecule has 0 bridgehead atoms. The fourth-order valence-corrected chi connectivity index (χ4v) is 4.26. The van der Waals surface area contributed by atoms with Crippen molar-refractivity contribution < 1.29 is 36.9 Å². The molecule has 2 aliphatic rings. The number of halogens is 3. The Morgan fingerprint density at radius 1 is 1.00 bits per heavy atom. The molecule has 0 aromatic heterocycles. The zero-order valence-electron chi connectivity index (χ0n) is 21.3. The summed E-state index contributed by atoms with van der Waals surface area (Å²) in [6.07, 6.45) is -3.37. The second-order valence-electron chi connectivity index (χ2n) is 8.39. The van der Waals surface area contributed by atoms with E-state index in [-0.39, 0.29) is 29.1 Å². The Morgan fingerprint density at radius 2 is 1.74 bits per heavy atom. The van der Waals surface area contributed by atoms with Gasteiger partial charge in [0, 0.05) is 0 Å². The lowest BCUT2D eigenvalue weighted by atomic mass is 10.1. The van der Waals surface area contributed by atoms with Gasteiger partial charge in [-0.1, -0.05) is 12.1 Å². The summed E-state index contributed by atoms with van der Waals surface area (Å²) in [5, 5.41) is 10.8. The van der Waals surface area contributed by atoms with E-state index in [1.54, 1.807) is 18.2 Å². The van der Waals surface area contributed by atoms with Crippen LogP contribution in [0, 0.1) is 19.3 Å². The monoisotopic (exact) mass is 562 g/mol. The Balaban J connectivity index is 1.31. The molecular weight excluding hydrogens is 537 g/mol. The molecule has 0 saturated heterocycles. The molecule has 0 spiro atoms. The van der Waals surface area contributed by atoms with E-state index in [4.69, 9.17) is 24.4 Å². The summed E-state index contributed by atoms with van der Waals surface area (Å²) in [5.41, 5.74) is 2.60. The SMILES string of the molecule is COc1cc(/C=C2/C(=N)N3N=C(C(F)(F)F)SC3=NC2=O)ccc1OCCOCCOc1ccc(C)c(C)c1. The van der Waals surface area contributed by atoms with Crippen LogP contribution < -0.4 is 14.2 Å². The van der Waals surface area contributed by atoms with E-state index in [0.29, 0.717) is 41.9 Å². The number of nitrogens with zero attached hydrogens (tertiary/aromatic N) is 3. The molecule has 4 rings (SSSR count). The smallest absolute Gasteiger partial charge is 0.441 e. The molecule has 2 aliphatic heterocycles. The van der Waals surface area contributed by atoms with Crippen molar-refractivity contribution in [1.82, 2.24) is 5.01 Å². The molecule has 0 unspecified atom stereocenters. The average Bonchev–Trinajstić information content (AvgIpc) is 3.33. The maximum absolute atomic E-state index is 13.0. The Labute approximate surface area is 226 Å². The van der Waals surface area contributed by atoms with Crippen LogP contribution in [0.25, 0.3) is 6.08 Å². The normalized spacial score (nSPS) is 16.3. The number of hydrogen-bond acceptors (Lipinski definition) is 8. The van der Waals surface area contributed by atoms with Crippen molar-refractivity contribution in [2.24, 2.45) is 10.1 Å². The number of amides is 1. The van der Waals surface area contributed by atoms with E-state index in [9.17, 15) is 18.0 Å². The molecule has 9 nitrogen and oxygen atoms in total. The highest BCUT2D eigenvalue weighted by atomic mass is 32.2. The number of ether oxygens (including phenoxy) is 4. The van der Waals surface area contributed by atoms with Gasteiger partial charge < -0.3 is 18.9 Å². The zero-order valence-corrected chi connectivity index (χ0v) is 22.1. The average molecular weight is 563 g/mol. The zero-order chi connectivity index (χ0) is 28.2. The number of fused-ring (bicyclic) bond motifs is 1. The molecule has 39 heavy (non-hydrogen) atoms. The number of hydrazone groups is 1. The van der Waals surface area contributed by atoms with Crippen molar-refractivity contribution in [2.45, 2.75) is 20.0 Å². The van der Waals surface area contributed by atoms with Gasteiger partial charge in [-0.25, -0.2) is 0 Å². The topological polar surface area (TPSA) is 106 Å². The number of hydrogen-bond donors (Lipinski definition) is 1. The van der Waals surface area contributed by atoms with E-state index >= 15 is 0 Å². The van der Waals surface area contributed by atoms with Crippen LogP contribution in [0.1, 0.15) is 16.7 Å². The summed E-state index contributed by atoms with van der Waals surface area (Å²) < 4.78 is 61.3. The molecule has 206 valence electrons. The van der Waals surface area contributed by atoms with Gasteiger partial charge in [-0.2, -0.15) is 28.3 Å². The fourth-order valence-electron chi connectivity index (χ4n) is 3.50. The molecule has 0 saturated carbocycles. The maximum atomic E-state index is 13.0. The van der Waals surface area contributed by atoms with Crippen molar-refractivity contribution in [1.29, 1.82) is 5.41 Å². The molecule has 2 aromatic carbocycles. The van der Waals surface area contributed by atoms with E-state index in [0.717, 1.165) is 11.3 Å². The second kappa shape index (κ2) is 11.9. The number of rotatable bonds is 10. The van der Waals surface area contributed by atoms with Gasteiger partial charge in [0.15, 0.2) is 17.3 Å². The van der Waals surface area contributed by atoms with Gasteiger partial charge in [0.05, 0.1) is 25.9 Å². The minimum absolute atomic E-state index is 0.197. The minimum atomic E-state index is -4.71. The first-order valence-electron chi connectivity index (χ1n) is 11.7. The van der Waals surface area contributed by atoms with E-state index < -0.39 is 23.0 Å². The van der Waals surface area contributed by atoms with Gasteiger partial charge in [0.2, 0.25) is 10.2 Å². The van der Waals surface area contributed by atoms with Gasteiger partial charge in [0.25, 0.3) is 5.91 Å². The largest absolute Gasteiger partial charge is 0.493 e. The third-order valence-electron chi connectivity index (χ3n) is 5.66. The summed E-state index contributed by atoms with van der Waals surface area (Å²) in [5.74, 6) is 0.226. The molecule has 2 aromatic rings. The summed E-state index contributed by atoms with van der Waals surface area (Å²) in [7, 11) is 1.44. The van der Waals surface area contributed by atoms with Gasteiger partial charge in [-0.05, 0) is 72.6 Å². The number of carbonyl (C=O) groups excluding carboxylic acids is 1. The molecule has 0 aliphatic carbocycles. The molecule has 1 N–H and O–H groups in total. The summed E-state index contributed by atoms with van der Waals surface area (Å²) in [6, 6.07) is 10.7. The third-order valence-corrected chi connectivity index (χ3v) is 6.61. The quantitative estimate of drug-likeness (QED) is 0.322. The maximum Gasteiger partial charge on any atom is 0.441 e. The lowest BCUT2D eigenvalue weighted by Gasteiger charge is -2.20. The van der Waals surface area contributed by atoms with Crippen LogP contribution in [0.15, 0.2) is 52.1 Å². The lowest BCUT2D eigenvalue weighted by molar-refractivity contribution is -0.114. The van der Waals surface area contributed by atoms with E-state index in [1.165, 1.54) is 18.7 Å². The second-order valence-corrected chi connectivity index (χ2v) is 9.34. The third kappa shape index (κ3) is 6.79. The Morgan fingerprint density at radius 3 is 2.44 bits per heavy atom. The summed E-state index contributed by atoms with van der Waals surface area (Å²) in [4.78, 5) is 16.1. The number of alkyl halides is 3. The minimum Gasteiger partial charge on any atom is -0.493 e. The molecule has 0 radical (unpaired) electrons.